The van der Waals surface area contributed by atoms with Crippen molar-refractivity contribution in [1.29, 1.82) is 0 Å². The van der Waals surface area contributed by atoms with Gasteiger partial charge in [-0.3, -0.25) is 9.52 Å². The van der Waals surface area contributed by atoms with Crippen LogP contribution in [0.25, 0.3) is 32.0 Å². The van der Waals surface area contributed by atoms with Crippen LogP contribution in [0.15, 0.2) is 63.8 Å². The molecule has 3 heterocycles. The highest BCUT2D eigenvalue weighted by atomic mass is 32.2. The lowest BCUT2D eigenvalue weighted by molar-refractivity contribution is 0.474. The number of rotatable bonds is 7. The van der Waals surface area contributed by atoms with Crippen molar-refractivity contribution < 1.29 is 22.0 Å². The maximum atomic E-state index is 14.0. The lowest BCUT2D eigenvalue weighted by Gasteiger charge is -2.17. The maximum absolute atomic E-state index is 14.0. The highest BCUT2D eigenvalue weighted by Gasteiger charge is 2.21. The smallest absolute Gasteiger partial charge is 0.259 e. The summed E-state index contributed by atoms with van der Waals surface area (Å²) in [5.41, 5.74) is 2.31. The number of aryl methyl sites for hydroxylation is 4. The van der Waals surface area contributed by atoms with E-state index < -0.39 is 10.0 Å². The Hall–Kier alpha value is -4.29. The van der Waals surface area contributed by atoms with E-state index >= 15 is 0 Å². The van der Waals surface area contributed by atoms with Gasteiger partial charge in [-0.1, -0.05) is 6.58 Å². The van der Waals surface area contributed by atoms with Crippen molar-refractivity contribution in [1.82, 2.24) is 14.8 Å². The van der Waals surface area contributed by atoms with Gasteiger partial charge in [-0.15, -0.1) is 21.5 Å². The van der Waals surface area contributed by atoms with E-state index in [1.165, 1.54) is 28.0 Å². The summed E-state index contributed by atoms with van der Waals surface area (Å²) in [5.74, 6) is 1.12. The van der Waals surface area contributed by atoms with Crippen LogP contribution in [0.3, 0.4) is 0 Å². The number of hydrogen-bond acceptors (Lipinski definition) is 8. The maximum Gasteiger partial charge on any atom is 0.259 e. The van der Waals surface area contributed by atoms with Crippen molar-refractivity contribution in [2.45, 2.75) is 20.8 Å². The Morgan fingerprint density at radius 3 is 2.46 bits per heavy atom. The van der Waals surface area contributed by atoms with Crippen LogP contribution in [0.2, 0.25) is 0 Å². The van der Waals surface area contributed by atoms with Crippen LogP contribution in [-0.4, -0.2) is 23.2 Å². The molecule has 39 heavy (non-hydrogen) atoms. The first-order chi connectivity index (χ1) is 18.5. The Morgan fingerprint density at radius 1 is 1.10 bits per heavy atom. The van der Waals surface area contributed by atoms with Gasteiger partial charge in [-0.05, 0) is 61.4 Å². The summed E-state index contributed by atoms with van der Waals surface area (Å²) in [6.07, 6.45) is 1.66. The molecule has 3 aromatic heterocycles. The van der Waals surface area contributed by atoms with Crippen LogP contribution in [0.4, 0.5) is 10.1 Å². The molecule has 0 radical (unpaired) electrons. The zero-order chi connectivity index (χ0) is 28.1. The van der Waals surface area contributed by atoms with Gasteiger partial charge in [0.15, 0.2) is 0 Å². The van der Waals surface area contributed by atoms with E-state index in [2.05, 4.69) is 21.5 Å². The largest absolute Gasteiger partial charge is 0.456 e. The molecule has 5 rings (SSSR count). The summed E-state index contributed by atoms with van der Waals surface area (Å²) in [4.78, 5) is 13.7. The van der Waals surface area contributed by atoms with Crippen molar-refractivity contribution in [3.8, 4) is 33.4 Å². The van der Waals surface area contributed by atoms with Gasteiger partial charge in [0.2, 0.25) is 5.89 Å². The number of sulfonamides is 1. The molecule has 0 saturated heterocycles. The third-order valence-corrected chi connectivity index (χ3v) is 8.09. The zero-order valence-electron chi connectivity index (χ0n) is 21.4. The summed E-state index contributed by atoms with van der Waals surface area (Å²) in [7, 11) is -2.17. The van der Waals surface area contributed by atoms with Gasteiger partial charge in [-0.25, -0.2) is 12.8 Å². The normalized spacial score (nSPS) is 11.6. The standard InChI is InChI=1S/C27H23FN4O5S2/c1-6-39(34,35)31-18-7-8-22(37-24-14(2)9-17(28)10-15(24)3)19(11-18)21-13-32(5)27(33)20-12-23(38-25(20)21)26-30-29-16(4)36-26/h6-13,31H,1H2,2-5H3. The van der Waals surface area contributed by atoms with Gasteiger partial charge in [0.1, 0.15) is 17.3 Å². The molecular formula is C27H23FN4O5S2. The molecule has 0 saturated carbocycles. The number of nitrogens with zero attached hydrogens (tertiary/aromatic N) is 3. The Labute approximate surface area is 227 Å². The van der Waals surface area contributed by atoms with Crippen molar-refractivity contribution in [3.63, 3.8) is 0 Å². The number of pyridine rings is 1. The minimum Gasteiger partial charge on any atom is -0.456 e. The quantitative estimate of drug-likeness (QED) is 0.255. The predicted octanol–water partition coefficient (Wildman–Crippen LogP) is 6.06. The fourth-order valence-corrected chi connectivity index (χ4v) is 5.85. The predicted molar refractivity (Wildman–Crippen MR) is 149 cm³/mol. The van der Waals surface area contributed by atoms with Crippen molar-refractivity contribution >= 4 is 37.1 Å². The molecular weight excluding hydrogens is 543 g/mol. The Kier molecular flexibility index (Phi) is 6.60. The molecule has 0 amide bonds. The van der Waals surface area contributed by atoms with Crippen molar-refractivity contribution in [2.75, 3.05) is 4.72 Å². The molecule has 0 spiro atoms. The highest BCUT2D eigenvalue weighted by molar-refractivity contribution is 7.95. The van der Waals surface area contributed by atoms with Crippen LogP contribution >= 0.6 is 11.3 Å². The lowest BCUT2D eigenvalue weighted by atomic mass is 10.0. The second-order valence-corrected chi connectivity index (χ2v) is 11.6. The number of anilines is 1. The van der Waals surface area contributed by atoms with E-state index in [0.717, 1.165) is 5.41 Å². The average molecular weight is 567 g/mol. The van der Waals surface area contributed by atoms with Crippen LogP contribution in [-0.2, 0) is 17.1 Å². The van der Waals surface area contributed by atoms with Crippen LogP contribution in [0.1, 0.15) is 17.0 Å². The van der Waals surface area contributed by atoms with Gasteiger partial charge < -0.3 is 13.7 Å². The van der Waals surface area contributed by atoms with Gasteiger partial charge >= 0.3 is 0 Å². The topological polar surface area (TPSA) is 116 Å². The Morgan fingerprint density at radius 2 is 1.82 bits per heavy atom. The fraction of sp³-hybridized carbons (Fsp3) is 0.148. The number of ether oxygens (including phenoxy) is 1. The third kappa shape index (κ3) is 5.08. The van der Waals surface area contributed by atoms with E-state index in [9.17, 15) is 17.6 Å². The Balaban J connectivity index is 1.76. The molecule has 9 nitrogen and oxygen atoms in total. The molecule has 0 atom stereocenters. The molecule has 5 aromatic rings. The number of aromatic nitrogens is 3. The summed E-state index contributed by atoms with van der Waals surface area (Å²) < 4.78 is 54.8. The molecule has 1 N–H and O–H groups in total. The second kappa shape index (κ2) is 9.79. The summed E-state index contributed by atoms with van der Waals surface area (Å²) >= 11 is 1.29. The lowest BCUT2D eigenvalue weighted by Crippen LogP contribution is -2.15. The highest BCUT2D eigenvalue weighted by Crippen LogP contribution is 2.43. The van der Waals surface area contributed by atoms with E-state index in [1.807, 2.05) is 0 Å². The van der Waals surface area contributed by atoms with Crippen LogP contribution in [0, 0.1) is 26.6 Å². The summed E-state index contributed by atoms with van der Waals surface area (Å²) in [5, 5.41) is 9.18. The molecule has 200 valence electrons. The number of nitrogens with one attached hydrogen (secondary N) is 1. The number of fused-ring (bicyclic) bond motifs is 1. The zero-order valence-corrected chi connectivity index (χ0v) is 23.0. The van der Waals surface area contributed by atoms with E-state index in [0.29, 0.717) is 54.6 Å². The first kappa shape index (κ1) is 26.3. The number of thiophene rings is 1. The number of benzene rings is 2. The molecule has 0 aliphatic heterocycles. The van der Waals surface area contributed by atoms with Gasteiger partial charge in [0, 0.05) is 42.4 Å². The molecule has 0 bridgehead atoms. The minimum atomic E-state index is -3.80. The van der Waals surface area contributed by atoms with Gasteiger partial charge in [0.05, 0.1) is 15.0 Å². The van der Waals surface area contributed by atoms with Crippen LogP contribution < -0.4 is 15.0 Å². The first-order valence-corrected chi connectivity index (χ1v) is 14.0. The SMILES string of the molecule is C=CS(=O)(=O)Nc1ccc(Oc2c(C)cc(F)cc2C)c(-c2cn(C)c(=O)c3cc(-c4nnc(C)o4)sc23)c1. The monoisotopic (exact) mass is 566 g/mol. The van der Waals surface area contributed by atoms with Crippen molar-refractivity contribution in [3.05, 3.63) is 87.8 Å². The molecule has 0 aliphatic rings. The Bertz CT molecular complexity index is 1920. The average Bonchev–Trinajstić information content (AvgIpc) is 3.51. The molecule has 0 unspecified atom stereocenters. The molecule has 0 fully saturated rings. The van der Waals surface area contributed by atoms with E-state index in [-0.39, 0.29) is 23.0 Å². The van der Waals surface area contributed by atoms with Crippen LogP contribution in [0.5, 0.6) is 11.5 Å². The van der Waals surface area contributed by atoms with E-state index in [1.54, 1.807) is 58.3 Å². The molecule has 12 heteroatoms. The second-order valence-electron chi connectivity index (χ2n) is 8.93. The summed E-state index contributed by atoms with van der Waals surface area (Å²) in [6.45, 7) is 8.49. The summed E-state index contributed by atoms with van der Waals surface area (Å²) in [6, 6.07) is 9.21. The molecule has 0 aliphatic carbocycles. The number of hydrogen-bond donors (Lipinski definition) is 1. The third-order valence-electron chi connectivity index (χ3n) is 5.97. The van der Waals surface area contributed by atoms with Crippen molar-refractivity contribution in [2.24, 2.45) is 7.05 Å². The minimum absolute atomic E-state index is 0.233. The first-order valence-electron chi connectivity index (χ1n) is 11.6. The fourth-order valence-electron chi connectivity index (χ4n) is 4.21. The number of halogens is 1. The van der Waals surface area contributed by atoms with E-state index in [4.69, 9.17) is 9.15 Å². The molecule has 2 aromatic carbocycles. The van der Waals surface area contributed by atoms with Gasteiger partial charge in [0.25, 0.3) is 21.5 Å². The van der Waals surface area contributed by atoms with Gasteiger partial charge in [-0.2, -0.15) is 0 Å².